The summed E-state index contributed by atoms with van der Waals surface area (Å²) in [5, 5.41) is 0. The Balaban J connectivity index is 1.39. The smallest absolute Gasteiger partial charge is 0.326 e. The zero-order valence-electron chi connectivity index (χ0n) is 16.9. The van der Waals surface area contributed by atoms with Crippen LogP contribution in [0.5, 0.6) is 5.75 Å². The number of fused-ring (bicyclic) bond motifs is 2. The minimum atomic E-state index is -0.920. The van der Waals surface area contributed by atoms with Crippen molar-refractivity contribution >= 4 is 23.5 Å². The minimum absolute atomic E-state index is 0.170. The third-order valence-corrected chi connectivity index (χ3v) is 5.42. The first-order chi connectivity index (χ1) is 14.5. The molecule has 2 aliphatic heterocycles. The number of nitrogens with zero attached hydrogens (tertiary/aromatic N) is 2. The van der Waals surface area contributed by atoms with Crippen molar-refractivity contribution in [1.29, 1.82) is 0 Å². The highest BCUT2D eigenvalue weighted by Crippen LogP contribution is 2.30. The summed E-state index contributed by atoms with van der Waals surface area (Å²) in [6.45, 7) is 2.66. The number of hydrogen-bond donors (Lipinski definition) is 0. The number of amides is 2. The Hall–Kier alpha value is -3.35. The summed E-state index contributed by atoms with van der Waals surface area (Å²) in [5.41, 5.74) is 2.89. The maximum atomic E-state index is 12.8. The van der Waals surface area contributed by atoms with Gasteiger partial charge in [0.1, 0.15) is 12.3 Å². The molecule has 0 radical (unpaired) electrons. The van der Waals surface area contributed by atoms with Gasteiger partial charge in [-0.05, 0) is 36.6 Å². The number of rotatable bonds is 4. The van der Waals surface area contributed by atoms with Gasteiger partial charge >= 0.3 is 5.97 Å². The molecule has 0 saturated heterocycles. The first-order valence-corrected chi connectivity index (χ1v) is 10.1. The molecule has 0 N–H and O–H groups in total. The Kier molecular flexibility index (Phi) is 5.70. The van der Waals surface area contributed by atoms with Gasteiger partial charge < -0.3 is 14.4 Å². The third-order valence-electron chi connectivity index (χ3n) is 5.42. The summed E-state index contributed by atoms with van der Waals surface area (Å²) in [6, 6.07) is 15.1. The molecule has 2 amide bonds. The number of esters is 1. The second-order valence-corrected chi connectivity index (χ2v) is 7.46. The normalized spacial score (nSPS) is 16.6. The Bertz CT molecular complexity index is 974. The van der Waals surface area contributed by atoms with E-state index in [2.05, 4.69) is 6.07 Å². The Morgan fingerprint density at radius 1 is 1.07 bits per heavy atom. The molecule has 7 nitrogen and oxygen atoms in total. The van der Waals surface area contributed by atoms with Crippen molar-refractivity contribution < 1.29 is 23.9 Å². The van der Waals surface area contributed by atoms with Crippen molar-refractivity contribution in [3.05, 3.63) is 59.7 Å². The fraction of sp³-hybridized carbons (Fsp3) is 0.348. The van der Waals surface area contributed by atoms with Crippen LogP contribution in [-0.4, -0.2) is 48.5 Å². The average Bonchev–Trinajstić information content (AvgIpc) is 2.91. The summed E-state index contributed by atoms with van der Waals surface area (Å²) < 4.78 is 11.0. The summed E-state index contributed by atoms with van der Waals surface area (Å²) in [7, 11) is 0. The highest BCUT2D eigenvalue weighted by atomic mass is 16.5. The summed E-state index contributed by atoms with van der Waals surface area (Å²) in [6.07, 6.45) is 0.0296. The number of carbonyl (C=O) groups excluding carboxylic acids is 3. The van der Waals surface area contributed by atoms with Gasteiger partial charge in [-0.15, -0.1) is 0 Å². The van der Waals surface area contributed by atoms with E-state index in [1.54, 1.807) is 30.0 Å². The number of hydrogen-bond acceptors (Lipinski definition) is 5. The van der Waals surface area contributed by atoms with Crippen molar-refractivity contribution in [3.8, 4) is 5.75 Å². The Labute approximate surface area is 175 Å². The number of anilines is 1. The first-order valence-electron chi connectivity index (χ1n) is 10.1. The predicted octanol–water partition coefficient (Wildman–Crippen LogP) is 2.32. The van der Waals surface area contributed by atoms with Gasteiger partial charge in [-0.1, -0.05) is 36.4 Å². The van der Waals surface area contributed by atoms with Crippen LogP contribution >= 0.6 is 0 Å². The monoisotopic (exact) mass is 408 g/mol. The molecule has 0 saturated carbocycles. The van der Waals surface area contributed by atoms with E-state index in [1.807, 2.05) is 24.3 Å². The molecule has 0 fully saturated rings. The van der Waals surface area contributed by atoms with Crippen LogP contribution in [0.4, 0.5) is 5.69 Å². The van der Waals surface area contributed by atoms with Crippen LogP contribution in [0.15, 0.2) is 48.5 Å². The van der Waals surface area contributed by atoms with Crippen LogP contribution in [0.2, 0.25) is 0 Å². The molecule has 0 unspecified atom stereocenters. The largest absolute Gasteiger partial charge is 0.491 e. The van der Waals surface area contributed by atoms with Gasteiger partial charge in [0.25, 0.3) is 5.91 Å². The van der Waals surface area contributed by atoms with E-state index in [-0.39, 0.29) is 31.4 Å². The Morgan fingerprint density at radius 2 is 1.80 bits per heavy atom. The molecule has 2 aliphatic rings. The molecule has 1 atom stereocenters. The fourth-order valence-electron chi connectivity index (χ4n) is 3.85. The van der Waals surface area contributed by atoms with Gasteiger partial charge in [0, 0.05) is 13.1 Å². The van der Waals surface area contributed by atoms with Crippen LogP contribution in [-0.2, 0) is 32.1 Å². The van der Waals surface area contributed by atoms with Crippen LogP contribution in [0, 0.1) is 0 Å². The zero-order chi connectivity index (χ0) is 21.1. The van der Waals surface area contributed by atoms with Gasteiger partial charge in [-0.25, -0.2) is 0 Å². The van der Waals surface area contributed by atoms with E-state index >= 15 is 0 Å². The van der Waals surface area contributed by atoms with Crippen LogP contribution < -0.4 is 9.64 Å². The van der Waals surface area contributed by atoms with Crippen molar-refractivity contribution in [2.45, 2.75) is 32.4 Å². The van der Waals surface area contributed by atoms with Crippen LogP contribution in [0.25, 0.3) is 0 Å². The molecule has 7 heteroatoms. The first kappa shape index (κ1) is 19.9. The SMILES string of the molecule is C[C@H](OC(=O)CN1C(=O)CCOc2ccccc21)C(=O)N1CCc2ccccc2C1. The van der Waals surface area contributed by atoms with Gasteiger partial charge in [-0.3, -0.25) is 19.3 Å². The lowest BCUT2D eigenvalue weighted by molar-refractivity contribution is -0.158. The lowest BCUT2D eigenvalue weighted by Gasteiger charge is -2.31. The number of para-hydroxylation sites is 2. The molecule has 4 rings (SSSR count). The highest BCUT2D eigenvalue weighted by molar-refractivity contribution is 5.99. The highest BCUT2D eigenvalue weighted by Gasteiger charge is 2.30. The van der Waals surface area contributed by atoms with Gasteiger partial charge in [-0.2, -0.15) is 0 Å². The van der Waals surface area contributed by atoms with E-state index in [0.717, 1.165) is 12.0 Å². The summed E-state index contributed by atoms with van der Waals surface area (Å²) in [4.78, 5) is 40.9. The lowest BCUT2D eigenvalue weighted by Crippen LogP contribution is -2.44. The zero-order valence-corrected chi connectivity index (χ0v) is 16.9. The van der Waals surface area contributed by atoms with E-state index in [0.29, 0.717) is 24.5 Å². The van der Waals surface area contributed by atoms with E-state index in [9.17, 15) is 14.4 Å². The molecular weight excluding hydrogens is 384 g/mol. The quantitative estimate of drug-likeness (QED) is 0.726. The molecule has 2 heterocycles. The molecule has 0 aromatic heterocycles. The van der Waals surface area contributed by atoms with Crippen molar-refractivity contribution in [1.82, 2.24) is 4.90 Å². The van der Waals surface area contributed by atoms with Crippen LogP contribution in [0.3, 0.4) is 0 Å². The molecule has 0 bridgehead atoms. The lowest BCUT2D eigenvalue weighted by atomic mass is 9.99. The van der Waals surface area contributed by atoms with E-state index in [4.69, 9.17) is 9.47 Å². The molecule has 156 valence electrons. The maximum Gasteiger partial charge on any atom is 0.326 e. The fourth-order valence-corrected chi connectivity index (χ4v) is 3.85. The standard InChI is InChI=1S/C23H24N2O5/c1-16(23(28)24-12-10-17-6-2-3-7-18(17)14-24)30-22(27)15-25-19-8-4-5-9-20(19)29-13-11-21(25)26/h2-9,16H,10-15H2,1H3/t16-/m0/s1. The van der Waals surface area contributed by atoms with Crippen molar-refractivity contribution in [2.24, 2.45) is 0 Å². The molecule has 2 aromatic carbocycles. The van der Waals surface area contributed by atoms with Gasteiger partial charge in [0.2, 0.25) is 5.91 Å². The molecule has 0 spiro atoms. The number of benzene rings is 2. The number of carbonyl (C=O) groups is 3. The Morgan fingerprint density at radius 3 is 2.63 bits per heavy atom. The molecule has 30 heavy (non-hydrogen) atoms. The summed E-state index contributed by atoms with van der Waals surface area (Å²) in [5.74, 6) is -0.530. The number of ether oxygens (including phenoxy) is 2. The van der Waals surface area contributed by atoms with Crippen LogP contribution in [0.1, 0.15) is 24.5 Å². The van der Waals surface area contributed by atoms with Crippen molar-refractivity contribution in [3.63, 3.8) is 0 Å². The predicted molar refractivity (Wildman–Crippen MR) is 110 cm³/mol. The van der Waals surface area contributed by atoms with E-state index in [1.165, 1.54) is 10.5 Å². The molecule has 0 aliphatic carbocycles. The average molecular weight is 408 g/mol. The second kappa shape index (κ2) is 8.57. The maximum absolute atomic E-state index is 12.8. The molecular formula is C23H24N2O5. The second-order valence-electron chi connectivity index (χ2n) is 7.46. The minimum Gasteiger partial charge on any atom is -0.491 e. The topological polar surface area (TPSA) is 76.1 Å². The summed E-state index contributed by atoms with van der Waals surface area (Å²) >= 11 is 0. The van der Waals surface area contributed by atoms with E-state index < -0.39 is 12.1 Å². The van der Waals surface area contributed by atoms with Gasteiger partial charge in [0.15, 0.2) is 6.10 Å². The third kappa shape index (κ3) is 4.15. The van der Waals surface area contributed by atoms with Gasteiger partial charge in [0.05, 0.1) is 18.7 Å². The van der Waals surface area contributed by atoms with Crippen molar-refractivity contribution in [2.75, 3.05) is 24.6 Å². The molecule has 2 aromatic rings.